The number of hydrogen-bond acceptors (Lipinski definition) is 6. The van der Waals surface area contributed by atoms with Crippen molar-refractivity contribution in [2.75, 3.05) is 7.05 Å². The van der Waals surface area contributed by atoms with Crippen molar-refractivity contribution in [3.05, 3.63) is 47.1 Å². The molecule has 28 heavy (non-hydrogen) atoms. The third-order valence-corrected chi connectivity index (χ3v) is 5.09. The van der Waals surface area contributed by atoms with Gasteiger partial charge in [-0.2, -0.15) is 4.98 Å². The molecule has 2 atom stereocenters. The van der Waals surface area contributed by atoms with Gasteiger partial charge in [0.15, 0.2) is 5.82 Å². The second-order valence-electron chi connectivity index (χ2n) is 7.15. The summed E-state index contributed by atoms with van der Waals surface area (Å²) in [5, 5.41) is 9.91. The smallest absolute Gasteiger partial charge is 0.255 e. The highest BCUT2D eigenvalue weighted by molar-refractivity contribution is 6.05. The number of rotatable bonds is 7. The van der Waals surface area contributed by atoms with E-state index >= 15 is 0 Å². The Morgan fingerprint density at radius 2 is 2.11 bits per heavy atom. The number of amides is 2. The number of benzene rings is 1. The Hall–Kier alpha value is -2.45. The molecule has 2 heterocycles. The fraction of sp³-hybridized carbons (Fsp3) is 0.474. The quantitative estimate of drug-likeness (QED) is 0.726. The molecule has 1 aromatic heterocycles. The molecule has 1 saturated carbocycles. The molecule has 150 valence electrons. The minimum atomic E-state index is -0.590. The van der Waals surface area contributed by atoms with Gasteiger partial charge in [0.25, 0.3) is 5.91 Å². The molecule has 0 radical (unpaired) electrons. The Bertz CT molecular complexity index is 867. The molecule has 9 heteroatoms. The molecule has 2 aliphatic rings. The SMILES string of the molecule is CNC(C)Cc1noc(CNC(=O)C2c3ccccc3C(=O)N2C2CC2)n1.Cl. The summed E-state index contributed by atoms with van der Waals surface area (Å²) in [6.45, 7) is 2.17. The molecule has 2 unspecified atom stereocenters. The van der Waals surface area contributed by atoms with Crippen LogP contribution in [0.2, 0.25) is 0 Å². The van der Waals surface area contributed by atoms with Gasteiger partial charge in [-0.3, -0.25) is 9.59 Å². The van der Waals surface area contributed by atoms with E-state index < -0.39 is 6.04 Å². The predicted octanol–water partition coefficient (Wildman–Crippen LogP) is 1.62. The van der Waals surface area contributed by atoms with Crippen molar-refractivity contribution >= 4 is 24.2 Å². The molecule has 8 nitrogen and oxygen atoms in total. The van der Waals surface area contributed by atoms with E-state index in [1.54, 1.807) is 11.0 Å². The van der Waals surface area contributed by atoms with Gasteiger partial charge in [-0.15, -0.1) is 12.4 Å². The van der Waals surface area contributed by atoms with Gasteiger partial charge in [0.1, 0.15) is 6.04 Å². The standard InChI is InChI=1S/C19H23N5O3.ClH/c1-11(20-2)9-15-22-16(27-23-15)10-21-18(25)17-13-5-3-4-6-14(13)19(26)24(17)12-7-8-12;/h3-6,11-12,17,20H,7-10H2,1-2H3,(H,21,25);1H. The molecule has 1 aliphatic heterocycles. The van der Waals surface area contributed by atoms with Crippen LogP contribution >= 0.6 is 12.4 Å². The fourth-order valence-electron chi connectivity index (χ4n) is 3.41. The first-order valence-corrected chi connectivity index (χ1v) is 9.26. The second kappa shape index (κ2) is 8.28. The van der Waals surface area contributed by atoms with E-state index in [1.165, 1.54) is 0 Å². The highest BCUT2D eigenvalue weighted by Crippen LogP contribution is 2.41. The minimum absolute atomic E-state index is 0. The molecule has 1 aromatic carbocycles. The molecule has 2 amide bonds. The summed E-state index contributed by atoms with van der Waals surface area (Å²) in [6, 6.07) is 7.12. The molecule has 1 fully saturated rings. The van der Waals surface area contributed by atoms with Crippen molar-refractivity contribution < 1.29 is 14.1 Å². The molecule has 0 bridgehead atoms. The second-order valence-corrected chi connectivity index (χ2v) is 7.15. The third kappa shape index (κ3) is 3.88. The van der Waals surface area contributed by atoms with Crippen molar-refractivity contribution in [2.45, 2.75) is 50.9 Å². The van der Waals surface area contributed by atoms with E-state index in [0.717, 1.165) is 18.4 Å². The maximum atomic E-state index is 12.9. The lowest BCUT2D eigenvalue weighted by Crippen LogP contribution is -2.40. The van der Waals surface area contributed by atoms with Crippen LogP contribution < -0.4 is 10.6 Å². The molecule has 0 saturated heterocycles. The summed E-state index contributed by atoms with van der Waals surface area (Å²) in [5.74, 6) is 0.678. The Balaban J connectivity index is 0.00000225. The lowest BCUT2D eigenvalue weighted by atomic mass is 10.0. The van der Waals surface area contributed by atoms with Crippen molar-refractivity contribution in [3.63, 3.8) is 0 Å². The van der Waals surface area contributed by atoms with E-state index in [4.69, 9.17) is 4.52 Å². The maximum Gasteiger partial charge on any atom is 0.255 e. The van der Waals surface area contributed by atoms with Crippen LogP contribution in [0.3, 0.4) is 0 Å². The number of fused-ring (bicyclic) bond motifs is 1. The van der Waals surface area contributed by atoms with Crippen LogP contribution in [-0.2, 0) is 17.8 Å². The van der Waals surface area contributed by atoms with Crippen LogP contribution in [0.25, 0.3) is 0 Å². The number of hydrogen-bond donors (Lipinski definition) is 2. The van der Waals surface area contributed by atoms with Crippen LogP contribution in [0.1, 0.15) is 53.4 Å². The molecule has 2 aromatic rings. The number of nitrogens with zero attached hydrogens (tertiary/aromatic N) is 3. The van der Waals surface area contributed by atoms with E-state index in [0.29, 0.717) is 23.7 Å². The number of carbonyl (C=O) groups is 2. The van der Waals surface area contributed by atoms with Gasteiger partial charge in [0, 0.05) is 24.1 Å². The van der Waals surface area contributed by atoms with E-state index in [-0.39, 0.29) is 42.8 Å². The Kier molecular flexibility index (Phi) is 6.00. The zero-order valence-corrected chi connectivity index (χ0v) is 16.7. The van der Waals surface area contributed by atoms with Gasteiger partial charge < -0.3 is 20.1 Å². The molecular formula is C19H24ClN5O3. The third-order valence-electron chi connectivity index (χ3n) is 5.09. The van der Waals surface area contributed by atoms with E-state index in [9.17, 15) is 9.59 Å². The van der Waals surface area contributed by atoms with Crippen molar-refractivity contribution in [1.82, 2.24) is 25.7 Å². The summed E-state index contributed by atoms with van der Waals surface area (Å²) in [7, 11) is 1.87. The first-order chi connectivity index (χ1) is 13.1. The van der Waals surface area contributed by atoms with Crippen LogP contribution in [0, 0.1) is 0 Å². The van der Waals surface area contributed by atoms with Crippen molar-refractivity contribution in [3.8, 4) is 0 Å². The van der Waals surface area contributed by atoms with Gasteiger partial charge in [-0.05, 0) is 38.4 Å². The lowest BCUT2D eigenvalue weighted by Gasteiger charge is -2.24. The number of halogens is 1. The van der Waals surface area contributed by atoms with Gasteiger partial charge in [-0.25, -0.2) is 0 Å². The number of carbonyl (C=O) groups excluding carboxylic acids is 2. The largest absolute Gasteiger partial charge is 0.345 e. The zero-order valence-electron chi connectivity index (χ0n) is 15.8. The summed E-state index contributed by atoms with van der Waals surface area (Å²) in [4.78, 5) is 31.6. The average molecular weight is 406 g/mol. The fourth-order valence-corrected chi connectivity index (χ4v) is 3.41. The molecule has 2 N–H and O–H groups in total. The molecule has 1 aliphatic carbocycles. The van der Waals surface area contributed by atoms with Gasteiger partial charge in [0.05, 0.1) is 6.54 Å². The Morgan fingerprint density at radius 3 is 2.82 bits per heavy atom. The summed E-state index contributed by atoms with van der Waals surface area (Å²) in [6.07, 6.45) is 2.54. The van der Waals surface area contributed by atoms with Crippen LogP contribution in [0.15, 0.2) is 28.8 Å². The molecule has 4 rings (SSSR count). The Morgan fingerprint density at radius 1 is 1.36 bits per heavy atom. The molecule has 0 spiro atoms. The first kappa shape index (κ1) is 20.3. The Labute approximate surface area is 169 Å². The summed E-state index contributed by atoms with van der Waals surface area (Å²) < 4.78 is 5.22. The van der Waals surface area contributed by atoms with Crippen LogP contribution in [0.4, 0.5) is 0 Å². The van der Waals surface area contributed by atoms with Gasteiger partial charge >= 0.3 is 0 Å². The minimum Gasteiger partial charge on any atom is -0.345 e. The summed E-state index contributed by atoms with van der Waals surface area (Å²) in [5.41, 5.74) is 1.38. The van der Waals surface area contributed by atoms with E-state index in [2.05, 4.69) is 20.8 Å². The predicted molar refractivity (Wildman–Crippen MR) is 104 cm³/mol. The zero-order chi connectivity index (χ0) is 19.0. The highest BCUT2D eigenvalue weighted by Gasteiger charge is 2.47. The lowest BCUT2D eigenvalue weighted by molar-refractivity contribution is -0.126. The number of nitrogens with one attached hydrogen (secondary N) is 2. The van der Waals surface area contributed by atoms with E-state index in [1.807, 2.05) is 32.2 Å². The monoisotopic (exact) mass is 405 g/mol. The number of aromatic nitrogens is 2. The first-order valence-electron chi connectivity index (χ1n) is 9.26. The number of likely N-dealkylation sites (N-methyl/N-ethyl adjacent to an activating group) is 1. The average Bonchev–Trinajstić information content (AvgIpc) is 3.35. The molecular weight excluding hydrogens is 382 g/mol. The van der Waals surface area contributed by atoms with Crippen molar-refractivity contribution in [2.24, 2.45) is 0 Å². The van der Waals surface area contributed by atoms with Crippen LogP contribution in [0.5, 0.6) is 0 Å². The van der Waals surface area contributed by atoms with Gasteiger partial charge in [0.2, 0.25) is 11.8 Å². The topological polar surface area (TPSA) is 100 Å². The summed E-state index contributed by atoms with van der Waals surface area (Å²) >= 11 is 0. The maximum absolute atomic E-state index is 12.9. The van der Waals surface area contributed by atoms with Crippen molar-refractivity contribution in [1.29, 1.82) is 0 Å². The normalized spacial score (nSPS) is 19.1. The highest BCUT2D eigenvalue weighted by atomic mass is 35.5. The van der Waals surface area contributed by atoms with Crippen LogP contribution in [-0.4, -0.2) is 46.0 Å². The van der Waals surface area contributed by atoms with Gasteiger partial charge in [-0.1, -0.05) is 23.4 Å².